The number of rotatable bonds is 5. The van der Waals surface area contributed by atoms with E-state index in [0.717, 1.165) is 22.4 Å². The van der Waals surface area contributed by atoms with Crippen molar-refractivity contribution in [1.29, 1.82) is 0 Å². The molecule has 2 aromatic heterocycles. The number of hydrogen-bond acceptors (Lipinski definition) is 7. The lowest BCUT2D eigenvalue weighted by molar-refractivity contribution is 0.120. The highest BCUT2D eigenvalue weighted by Gasteiger charge is 2.25. The molecule has 10 heteroatoms. The smallest absolute Gasteiger partial charge is 0.240 e. The van der Waals surface area contributed by atoms with Crippen LogP contribution in [0.5, 0.6) is 0 Å². The van der Waals surface area contributed by atoms with Crippen LogP contribution in [0.2, 0.25) is 0 Å². The summed E-state index contributed by atoms with van der Waals surface area (Å²) in [4.78, 5) is 4.46. The van der Waals surface area contributed by atoms with Crippen molar-refractivity contribution in [2.45, 2.75) is 56.6 Å². The Balaban J connectivity index is 0.00000289. The Hall–Kier alpha value is -2.46. The summed E-state index contributed by atoms with van der Waals surface area (Å²) >= 11 is 0. The maximum Gasteiger partial charge on any atom is 0.240 e. The number of aromatic nitrogens is 2. The van der Waals surface area contributed by atoms with E-state index in [2.05, 4.69) is 14.9 Å². The van der Waals surface area contributed by atoms with E-state index in [1.54, 1.807) is 30.5 Å². The van der Waals surface area contributed by atoms with E-state index >= 15 is 0 Å². The van der Waals surface area contributed by atoms with E-state index in [9.17, 15) is 13.5 Å². The van der Waals surface area contributed by atoms with E-state index in [0.29, 0.717) is 42.8 Å². The van der Waals surface area contributed by atoms with Gasteiger partial charge in [0.15, 0.2) is 5.76 Å². The lowest BCUT2D eigenvalue weighted by atomic mass is 9.94. The molecule has 32 heavy (non-hydrogen) atoms. The molecule has 1 fully saturated rings. The number of hydrogen-bond donors (Lipinski definition) is 3. The summed E-state index contributed by atoms with van der Waals surface area (Å²) in [7, 11) is -3.70. The SMILES string of the molecule is Cc1cc(-c2cc(-c3cc(S(=O)(=O)NC4CCC(O)CC4)ccc3C)cnc2N)on1.Cl. The van der Waals surface area contributed by atoms with Crippen LogP contribution in [0.1, 0.15) is 36.9 Å². The third-order valence-electron chi connectivity index (χ3n) is 5.66. The van der Waals surface area contributed by atoms with Gasteiger partial charge in [0.2, 0.25) is 10.0 Å². The fourth-order valence-electron chi connectivity index (χ4n) is 3.87. The zero-order chi connectivity index (χ0) is 22.2. The van der Waals surface area contributed by atoms with Gasteiger partial charge in [-0.05, 0) is 68.9 Å². The zero-order valence-corrected chi connectivity index (χ0v) is 19.5. The molecule has 1 aromatic carbocycles. The Labute approximate surface area is 193 Å². The van der Waals surface area contributed by atoms with Crippen molar-refractivity contribution in [3.8, 4) is 22.5 Å². The quantitative estimate of drug-likeness (QED) is 0.510. The van der Waals surface area contributed by atoms with E-state index in [1.807, 2.05) is 19.9 Å². The number of nitrogens with zero attached hydrogens (tertiary/aromatic N) is 2. The molecule has 0 unspecified atom stereocenters. The van der Waals surface area contributed by atoms with E-state index in [-0.39, 0.29) is 29.4 Å². The number of anilines is 1. The van der Waals surface area contributed by atoms with Gasteiger partial charge in [-0.3, -0.25) is 0 Å². The second-order valence-corrected chi connectivity index (χ2v) is 9.81. The largest absolute Gasteiger partial charge is 0.393 e. The van der Waals surface area contributed by atoms with Gasteiger partial charge in [-0.25, -0.2) is 18.1 Å². The summed E-state index contributed by atoms with van der Waals surface area (Å²) in [5.74, 6) is 0.814. The fraction of sp³-hybridized carbons (Fsp3) is 0.364. The number of pyridine rings is 1. The van der Waals surface area contributed by atoms with Crippen molar-refractivity contribution >= 4 is 28.2 Å². The molecule has 8 nitrogen and oxygen atoms in total. The minimum atomic E-state index is -3.70. The first kappa shape index (κ1) is 24.2. The van der Waals surface area contributed by atoms with Gasteiger partial charge in [0.25, 0.3) is 0 Å². The van der Waals surface area contributed by atoms with Gasteiger partial charge in [-0.15, -0.1) is 12.4 Å². The summed E-state index contributed by atoms with van der Waals surface area (Å²) in [6, 6.07) is 8.47. The summed E-state index contributed by atoms with van der Waals surface area (Å²) in [6.45, 7) is 3.73. The highest BCUT2D eigenvalue weighted by Crippen LogP contribution is 2.32. The van der Waals surface area contributed by atoms with Crippen LogP contribution in [0.25, 0.3) is 22.5 Å². The maximum absolute atomic E-state index is 13.0. The van der Waals surface area contributed by atoms with Gasteiger partial charge in [0.05, 0.1) is 22.3 Å². The van der Waals surface area contributed by atoms with Crippen LogP contribution in [-0.2, 0) is 10.0 Å². The van der Waals surface area contributed by atoms with Crippen molar-refractivity contribution in [3.05, 3.63) is 47.8 Å². The number of nitrogens with one attached hydrogen (secondary N) is 1. The lowest BCUT2D eigenvalue weighted by Crippen LogP contribution is -2.38. The minimum Gasteiger partial charge on any atom is -0.393 e. The molecule has 172 valence electrons. The second-order valence-electron chi connectivity index (χ2n) is 8.09. The molecule has 4 rings (SSSR count). The highest BCUT2D eigenvalue weighted by molar-refractivity contribution is 7.89. The van der Waals surface area contributed by atoms with Gasteiger partial charge >= 0.3 is 0 Å². The number of benzene rings is 1. The molecule has 0 aliphatic heterocycles. The summed E-state index contributed by atoms with van der Waals surface area (Å²) in [5, 5.41) is 13.6. The van der Waals surface area contributed by atoms with Crippen LogP contribution >= 0.6 is 12.4 Å². The molecule has 1 aliphatic carbocycles. The number of halogens is 1. The van der Waals surface area contributed by atoms with Crippen LogP contribution in [0.15, 0.2) is 45.9 Å². The van der Waals surface area contributed by atoms with Gasteiger partial charge in [-0.2, -0.15) is 0 Å². The van der Waals surface area contributed by atoms with Crippen LogP contribution in [0.3, 0.4) is 0 Å². The molecule has 0 radical (unpaired) electrons. The summed E-state index contributed by atoms with van der Waals surface area (Å²) in [5.41, 5.74) is 9.75. The molecule has 0 spiro atoms. The predicted molar refractivity (Wildman–Crippen MR) is 125 cm³/mol. The lowest BCUT2D eigenvalue weighted by Gasteiger charge is -2.26. The van der Waals surface area contributed by atoms with E-state index in [1.165, 1.54) is 0 Å². The van der Waals surface area contributed by atoms with Gasteiger partial charge < -0.3 is 15.4 Å². The number of aliphatic hydroxyl groups is 1. The number of aliphatic hydroxyl groups excluding tert-OH is 1. The number of nitrogens with two attached hydrogens (primary N) is 1. The predicted octanol–water partition coefficient (Wildman–Crippen LogP) is 3.61. The molecule has 1 saturated carbocycles. The Morgan fingerprint density at radius 2 is 1.81 bits per heavy atom. The molecular formula is C22H27ClN4O4S. The van der Waals surface area contributed by atoms with Crippen LogP contribution in [-0.4, -0.2) is 35.8 Å². The summed E-state index contributed by atoms with van der Waals surface area (Å²) < 4.78 is 34.1. The number of sulfonamides is 1. The molecule has 0 saturated heterocycles. The monoisotopic (exact) mass is 478 g/mol. The zero-order valence-electron chi connectivity index (χ0n) is 17.9. The van der Waals surface area contributed by atoms with Gasteiger partial charge in [-0.1, -0.05) is 11.2 Å². The van der Waals surface area contributed by atoms with E-state index < -0.39 is 10.0 Å². The average molecular weight is 479 g/mol. The van der Waals surface area contributed by atoms with Gasteiger partial charge in [0, 0.05) is 23.9 Å². The van der Waals surface area contributed by atoms with Crippen molar-refractivity contribution in [2.75, 3.05) is 5.73 Å². The standard InChI is InChI=1S/C22H26N4O4S.ClH/c1-13-3-8-18(31(28,29)26-16-4-6-17(27)7-5-16)11-19(13)15-10-20(22(23)24-12-15)21-9-14(2)25-30-21;/h3,8-12,16-17,26-27H,4-7H2,1-2H3,(H2,23,24);1H. The van der Waals surface area contributed by atoms with Crippen molar-refractivity contribution in [2.24, 2.45) is 0 Å². The maximum atomic E-state index is 13.0. The first-order chi connectivity index (χ1) is 14.7. The topological polar surface area (TPSA) is 131 Å². The van der Waals surface area contributed by atoms with Crippen LogP contribution in [0, 0.1) is 13.8 Å². The molecular weight excluding hydrogens is 452 g/mol. The Bertz CT molecular complexity index is 1200. The van der Waals surface area contributed by atoms with E-state index in [4.69, 9.17) is 10.3 Å². The van der Waals surface area contributed by atoms with Gasteiger partial charge in [0.1, 0.15) is 5.82 Å². The van der Waals surface area contributed by atoms with Crippen molar-refractivity contribution in [1.82, 2.24) is 14.9 Å². The molecule has 0 bridgehead atoms. The Kier molecular flexibility index (Phi) is 7.24. The molecule has 0 amide bonds. The van der Waals surface area contributed by atoms with Crippen LogP contribution in [0.4, 0.5) is 5.82 Å². The Morgan fingerprint density at radius 3 is 2.47 bits per heavy atom. The first-order valence-corrected chi connectivity index (χ1v) is 11.7. The van der Waals surface area contributed by atoms with Crippen molar-refractivity contribution in [3.63, 3.8) is 0 Å². The second kappa shape index (κ2) is 9.58. The number of nitrogen functional groups attached to an aromatic ring is 1. The third-order valence-corrected chi connectivity index (χ3v) is 7.18. The molecule has 2 heterocycles. The molecule has 3 aromatic rings. The van der Waals surface area contributed by atoms with Crippen molar-refractivity contribution < 1.29 is 18.0 Å². The average Bonchev–Trinajstić information content (AvgIpc) is 3.16. The Morgan fingerprint density at radius 1 is 1.09 bits per heavy atom. The molecule has 1 aliphatic rings. The molecule has 4 N–H and O–H groups in total. The van der Waals surface area contributed by atoms with Crippen LogP contribution < -0.4 is 10.5 Å². The summed E-state index contributed by atoms with van der Waals surface area (Å²) in [6.07, 6.45) is 3.74. The highest BCUT2D eigenvalue weighted by atomic mass is 35.5. The first-order valence-electron chi connectivity index (χ1n) is 10.2. The molecule has 0 atom stereocenters. The minimum absolute atomic E-state index is 0. The normalized spacial score (nSPS) is 18.8. The fourth-order valence-corrected chi connectivity index (χ4v) is 5.20. The third kappa shape index (κ3) is 5.12. The number of aryl methyl sites for hydroxylation is 2.